The van der Waals surface area contributed by atoms with Crippen molar-refractivity contribution in [1.29, 1.82) is 0 Å². The van der Waals surface area contributed by atoms with Gasteiger partial charge in [0.15, 0.2) is 0 Å². The van der Waals surface area contributed by atoms with Gasteiger partial charge in [-0.1, -0.05) is 12.1 Å². The van der Waals surface area contributed by atoms with Gasteiger partial charge in [0.1, 0.15) is 29.1 Å². The van der Waals surface area contributed by atoms with Crippen LogP contribution < -0.4 is 9.64 Å². The number of para-hydroxylation sites is 2. The number of hydrogen-bond donors (Lipinski definition) is 2. The molecule has 4 aromatic rings. The van der Waals surface area contributed by atoms with E-state index >= 15 is 0 Å². The first-order chi connectivity index (χ1) is 15.5. The number of aliphatic hydroxyl groups is 1. The van der Waals surface area contributed by atoms with E-state index in [1.165, 1.54) is 12.0 Å². The Morgan fingerprint density at radius 1 is 1.09 bits per heavy atom. The Balaban J connectivity index is 1.70. The Morgan fingerprint density at radius 2 is 1.84 bits per heavy atom. The lowest BCUT2D eigenvalue weighted by Crippen LogP contribution is -2.30. The van der Waals surface area contributed by atoms with Gasteiger partial charge in [0.25, 0.3) is 5.78 Å². The summed E-state index contributed by atoms with van der Waals surface area (Å²) in [4.78, 5) is 35.1. The standard InChI is InChI=1S/C24H19N3O5/c1-13-7-12-18(32-13)20-19(21(28)14-8-10-15(31-2)11-9-14)22(29)23(30)27(20)24-25-16-5-3-4-6-17(16)26-24/h3-12,20,28H,1-2H3,(H,25,26)/b21-19+. The SMILES string of the molecule is COc1ccc(/C(O)=C2\C(=O)C(=O)N(c3nc4ccccc4[nH]3)C2c2ccc(C)o2)cc1. The van der Waals surface area contributed by atoms with Crippen molar-refractivity contribution in [1.82, 2.24) is 9.97 Å². The number of carbonyl (C=O) groups excluding carboxylic acids is 2. The number of rotatable bonds is 4. The second kappa shape index (κ2) is 7.42. The number of aromatic nitrogens is 2. The van der Waals surface area contributed by atoms with Crippen molar-refractivity contribution in [3.63, 3.8) is 0 Å². The highest BCUT2D eigenvalue weighted by Crippen LogP contribution is 2.42. The average molecular weight is 429 g/mol. The summed E-state index contributed by atoms with van der Waals surface area (Å²) < 4.78 is 10.9. The molecule has 0 aliphatic carbocycles. The number of imidazole rings is 1. The maximum Gasteiger partial charge on any atom is 0.302 e. The zero-order valence-electron chi connectivity index (χ0n) is 17.3. The van der Waals surface area contributed by atoms with Gasteiger partial charge in [0.2, 0.25) is 5.95 Å². The fourth-order valence-electron chi connectivity index (χ4n) is 3.88. The van der Waals surface area contributed by atoms with Gasteiger partial charge in [-0.25, -0.2) is 4.98 Å². The van der Waals surface area contributed by atoms with Gasteiger partial charge < -0.3 is 19.2 Å². The van der Waals surface area contributed by atoms with E-state index in [9.17, 15) is 14.7 Å². The van der Waals surface area contributed by atoms with Crippen LogP contribution >= 0.6 is 0 Å². The summed E-state index contributed by atoms with van der Waals surface area (Å²) in [6, 6.07) is 16.3. The van der Waals surface area contributed by atoms with Gasteiger partial charge in [-0.05, 0) is 55.5 Å². The molecule has 1 fully saturated rings. The largest absolute Gasteiger partial charge is 0.507 e. The van der Waals surface area contributed by atoms with Crippen LogP contribution in [0.25, 0.3) is 16.8 Å². The van der Waals surface area contributed by atoms with Crippen molar-refractivity contribution in [3.05, 3.63) is 83.3 Å². The maximum absolute atomic E-state index is 13.1. The van der Waals surface area contributed by atoms with Crippen molar-refractivity contribution >= 4 is 34.4 Å². The van der Waals surface area contributed by atoms with E-state index in [0.717, 1.165) is 0 Å². The number of aromatic amines is 1. The Morgan fingerprint density at radius 3 is 2.50 bits per heavy atom. The molecule has 1 amide bonds. The number of nitrogens with zero attached hydrogens (tertiary/aromatic N) is 2. The van der Waals surface area contributed by atoms with E-state index in [2.05, 4.69) is 9.97 Å². The van der Waals surface area contributed by atoms with Crippen LogP contribution in [0.2, 0.25) is 0 Å². The number of aliphatic hydroxyl groups excluding tert-OH is 1. The topological polar surface area (TPSA) is 109 Å². The van der Waals surface area contributed by atoms with Crippen LogP contribution in [0.4, 0.5) is 5.95 Å². The van der Waals surface area contributed by atoms with Gasteiger partial charge in [0.05, 0.1) is 23.7 Å². The number of amides is 1. The first-order valence-corrected chi connectivity index (χ1v) is 9.94. The molecule has 8 nitrogen and oxygen atoms in total. The summed E-state index contributed by atoms with van der Waals surface area (Å²) >= 11 is 0. The Labute approximate surface area is 182 Å². The molecule has 2 aromatic carbocycles. The Hall–Kier alpha value is -4.33. The normalized spacial score (nSPS) is 17.9. The van der Waals surface area contributed by atoms with Crippen molar-refractivity contribution in [2.75, 3.05) is 12.0 Å². The number of furan rings is 1. The van der Waals surface area contributed by atoms with Gasteiger partial charge in [-0.15, -0.1) is 0 Å². The first kappa shape index (κ1) is 19.6. The van der Waals surface area contributed by atoms with Crippen molar-refractivity contribution in [2.24, 2.45) is 0 Å². The molecule has 1 atom stereocenters. The molecule has 1 saturated heterocycles. The van der Waals surface area contributed by atoms with E-state index < -0.39 is 17.7 Å². The number of fused-ring (bicyclic) bond motifs is 1. The molecule has 2 N–H and O–H groups in total. The number of H-pyrrole nitrogens is 1. The number of Topliss-reactive ketones (excluding diaryl/α,β-unsaturated/α-hetero) is 1. The molecule has 3 heterocycles. The summed E-state index contributed by atoms with van der Waals surface area (Å²) in [7, 11) is 1.53. The number of methoxy groups -OCH3 is 1. The molecule has 8 heteroatoms. The molecular weight excluding hydrogens is 410 g/mol. The predicted molar refractivity (Wildman–Crippen MR) is 117 cm³/mol. The third kappa shape index (κ3) is 3.04. The molecule has 160 valence electrons. The average Bonchev–Trinajstić information content (AvgIpc) is 3.49. The van der Waals surface area contributed by atoms with E-state index in [-0.39, 0.29) is 17.3 Å². The third-order valence-corrected chi connectivity index (χ3v) is 5.44. The molecule has 2 aromatic heterocycles. The number of anilines is 1. The van der Waals surface area contributed by atoms with Crippen LogP contribution in [0.5, 0.6) is 5.75 Å². The monoisotopic (exact) mass is 429 g/mol. The number of benzene rings is 2. The molecular formula is C24H19N3O5. The molecule has 32 heavy (non-hydrogen) atoms. The molecule has 1 aliphatic rings. The molecule has 0 spiro atoms. The lowest BCUT2D eigenvalue weighted by atomic mass is 9.99. The molecule has 0 radical (unpaired) electrons. The molecule has 1 unspecified atom stereocenters. The van der Waals surface area contributed by atoms with Crippen molar-refractivity contribution in [3.8, 4) is 5.75 Å². The lowest BCUT2D eigenvalue weighted by molar-refractivity contribution is -0.132. The summed E-state index contributed by atoms with van der Waals surface area (Å²) in [6.45, 7) is 1.76. The van der Waals surface area contributed by atoms with Gasteiger partial charge in [0, 0.05) is 5.56 Å². The van der Waals surface area contributed by atoms with Crippen LogP contribution in [-0.2, 0) is 9.59 Å². The van der Waals surface area contributed by atoms with Crippen LogP contribution in [0.15, 0.2) is 70.7 Å². The molecule has 1 aliphatic heterocycles. The fourth-order valence-corrected chi connectivity index (χ4v) is 3.88. The minimum atomic E-state index is -0.980. The molecule has 0 saturated carbocycles. The number of ether oxygens (including phenoxy) is 1. The molecule has 0 bridgehead atoms. The van der Waals surface area contributed by atoms with Crippen LogP contribution in [-0.4, -0.2) is 33.9 Å². The van der Waals surface area contributed by atoms with Crippen LogP contribution in [0, 0.1) is 6.92 Å². The number of carbonyl (C=O) groups is 2. The number of aryl methyl sites for hydroxylation is 1. The molecule has 5 rings (SSSR count). The first-order valence-electron chi connectivity index (χ1n) is 9.94. The van der Waals surface area contributed by atoms with Crippen LogP contribution in [0.1, 0.15) is 23.1 Å². The van der Waals surface area contributed by atoms with Gasteiger partial charge >= 0.3 is 5.91 Å². The summed E-state index contributed by atoms with van der Waals surface area (Å²) in [5.74, 6) is -0.180. The summed E-state index contributed by atoms with van der Waals surface area (Å²) in [6.07, 6.45) is 0. The Kier molecular flexibility index (Phi) is 4.55. The highest BCUT2D eigenvalue weighted by atomic mass is 16.5. The Bertz CT molecular complexity index is 1350. The van der Waals surface area contributed by atoms with Gasteiger partial charge in [-0.3, -0.25) is 14.5 Å². The lowest BCUT2D eigenvalue weighted by Gasteiger charge is -2.20. The summed E-state index contributed by atoms with van der Waals surface area (Å²) in [5.41, 5.74) is 1.67. The summed E-state index contributed by atoms with van der Waals surface area (Å²) in [5, 5.41) is 11.1. The highest BCUT2D eigenvalue weighted by Gasteiger charge is 2.49. The zero-order valence-corrected chi connectivity index (χ0v) is 17.3. The van der Waals surface area contributed by atoms with E-state index in [1.807, 2.05) is 18.2 Å². The van der Waals surface area contributed by atoms with E-state index in [4.69, 9.17) is 9.15 Å². The smallest absolute Gasteiger partial charge is 0.302 e. The number of hydrogen-bond acceptors (Lipinski definition) is 6. The second-order valence-corrected chi connectivity index (χ2v) is 7.42. The zero-order chi connectivity index (χ0) is 22.4. The number of nitrogens with one attached hydrogen (secondary N) is 1. The van der Waals surface area contributed by atoms with Gasteiger partial charge in [-0.2, -0.15) is 0 Å². The van der Waals surface area contributed by atoms with Crippen molar-refractivity contribution < 1.29 is 23.8 Å². The quantitative estimate of drug-likeness (QED) is 0.287. The minimum absolute atomic E-state index is 0.0741. The third-order valence-electron chi connectivity index (χ3n) is 5.44. The number of ketones is 1. The van der Waals surface area contributed by atoms with E-state index in [0.29, 0.717) is 33.9 Å². The minimum Gasteiger partial charge on any atom is -0.507 e. The van der Waals surface area contributed by atoms with E-state index in [1.54, 1.807) is 49.4 Å². The fraction of sp³-hybridized carbons (Fsp3) is 0.125. The highest BCUT2D eigenvalue weighted by molar-refractivity contribution is 6.51. The second-order valence-electron chi connectivity index (χ2n) is 7.42. The van der Waals surface area contributed by atoms with Crippen molar-refractivity contribution in [2.45, 2.75) is 13.0 Å². The predicted octanol–water partition coefficient (Wildman–Crippen LogP) is 4.10. The maximum atomic E-state index is 13.1. The van der Waals surface area contributed by atoms with Crippen LogP contribution in [0.3, 0.4) is 0 Å².